The molecule has 0 aliphatic carbocycles. The number of nitrogens with zero attached hydrogens (tertiary/aromatic N) is 2. The first-order valence-corrected chi connectivity index (χ1v) is 12.8. The summed E-state index contributed by atoms with van der Waals surface area (Å²) in [6.45, 7) is 8.99. The van der Waals surface area contributed by atoms with Crippen molar-refractivity contribution in [2.75, 3.05) is 79.3 Å². The van der Waals surface area contributed by atoms with Gasteiger partial charge in [-0.15, -0.1) is 5.11 Å². The molecular formula is C27H36N2O9. The average molecular weight is 533 g/mol. The largest absolute Gasteiger partial charge is 0.490 e. The van der Waals surface area contributed by atoms with E-state index in [2.05, 4.69) is 10.2 Å². The van der Waals surface area contributed by atoms with Gasteiger partial charge in [-0.25, -0.2) is 0 Å². The highest BCUT2D eigenvalue weighted by atomic mass is 16.6. The summed E-state index contributed by atoms with van der Waals surface area (Å²) in [5.74, 6) is 1.96. The molecule has 3 rings (SSSR count). The average Bonchev–Trinajstić information content (AvgIpc) is 2.94. The Morgan fingerprint density at radius 3 is 2.05 bits per heavy atom. The summed E-state index contributed by atoms with van der Waals surface area (Å²) < 4.78 is 45.0. The fraction of sp³-hybridized carbons (Fsp3) is 0.519. The second-order valence-corrected chi connectivity index (χ2v) is 7.82. The van der Waals surface area contributed by atoms with Crippen LogP contribution in [0.15, 0.2) is 40.6 Å². The predicted octanol–water partition coefficient (Wildman–Crippen LogP) is 4.55. The van der Waals surface area contributed by atoms with Crippen molar-refractivity contribution in [3.63, 3.8) is 0 Å². The van der Waals surface area contributed by atoms with Crippen molar-refractivity contribution in [1.82, 2.24) is 0 Å². The molecule has 0 amide bonds. The van der Waals surface area contributed by atoms with E-state index in [0.29, 0.717) is 126 Å². The Morgan fingerprint density at radius 1 is 0.737 bits per heavy atom. The van der Waals surface area contributed by atoms with Crippen LogP contribution in [0.25, 0.3) is 0 Å². The van der Waals surface area contributed by atoms with E-state index in [-0.39, 0.29) is 0 Å². The van der Waals surface area contributed by atoms with E-state index in [9.17, 15) is 4.79 Å². The first-order valence-electron chi connectivity index (χ1n) is 12.8. The van der Waals surface area contributed by atoms with Crippen molar-refractivity contribution in [3.8, 4) is 23.0 Å². The Balaban J connectivity index is 1.78. The maximum Gasteiger partial charge on any atom is 0.163 e. The molecule has 0 saturated carbocycles. The Hall–Kier alpha value is -3.25. The molecular weight excluding hydrogens is 496 g/mol. The molecule has 0 spiro atoms. The maximum absolute atomic E-state index is 11.8. The van der Waals surface area contributed by atoms with Crippen LogP contribution in [0.3, 0.4) is 0 Å². The van der Waals surface area contributed by atoms with Crippen LogP contribution in [0.2, 0.25) is 0 Å². The van der Waals surface area contributed by atoms with E-state index < -0.39 is 0 Å². The van der Waals surface area contributed by atoms with Crippen LogP contribution in [0, 0.1) is 0 Å². The lowest BCUT2D eigenvalue weighted by Crippen LogP contribution is -2.13. The van der Waals surface area contributed by atoms with E-state index in [1.54, 1.807) is 30.3 Å². The van der Waals surface area contributed by atoms with E-state index in [4.69, 9.17) is 37.9 Å². The highest BCUT2D eigenvalue weighted by molar-refractivity contribution is 5.84. The van der Waals surface area contributed by atoms with E-state index in [0.717, 1.165) is 0 Å². The highest BCUT2D eigenvalue weighted by Gasteiger charge is 2.13. The minimum absolute atomic E-state index is 0.323. The van der Waals surface area contributed by atoms with Crippen molar-refractivity contribution in [2.45, 2.75) is 13.8 Å². The standard InChI is InChI=1S/C27H36N2O9/c1-3-31-11-14-38-27-19-23(21(20-30)17-25(27)35-4-2)29-28-22-5-6-24-26(18-22)37-16-13-34-10-8-32-7-9-33-12-15-36-24/h5-6,17-20H,3-4,7-16H2,1-2H3. The third kappa shape index (κ3) is 9.90. The monoisotopic (exact) mass is 532 g/mol. The van der Waals surface area contributed by atoms with Gasteiger partial charge in [0.15, 0.2) is 29.3 Å². The summed E-state index contributed by atoms with van der Waals surface area (Å²) >= 11 is 0. The quantitative estimate of drug-likeness (QED) is 0.247. The summed E-state index contributed by atoms with van der Waals surface area (Å²) in [5.41, 5.74) is 1.18. The maximum atomic E-state index is 11.8. The van der Waals surface area contributed by atoms with Gasteiger partial charge in [0.1, 0.15) is 25.5 Å². The number of hydrogen-bond donors (Lipinski definition) is 0. The van der Waals surface area contributed by atoms with Gasteiger partial charge in [-0.1, -0.05) is 0 Å². The van der Waals surface area contributed by atoms with E-state index >= 15 is 0 Å². The van der Waals surface area contributed by atoms with E-state index in [1.165, 1.54) is 0 Å². The molecule has 208 valence electrons. The van der Waals surface area contributed by atoms with E-state index in [1.807, 2.05) is 13.8 Å². The molecule has 1 heterocycles. The fourth-order valence-electron chi connectivity index (χ4n) is 3.35. The molecule has 11 nitrogen and oxygen atoms in total. The molecule has 0 atom stereocenters. The topological polar surface area (TPSA) is 116 Å². The molecule has 38 heavy (non-hydrogen) atoms. The first kappa shape index (κ1) is 29.3. The number of benzene rings is 2. The van der Waals surface area contributed by atoms with Crippen molar-refractivity contribution < 1.29 is 42.7 Å². The van der Waals surface area contributed by atoms with Gasteiger partial charge in [-0.3, -0.25) is 4.79 Å². The van der Waals surface area contributed by atoms with Gasteiger partial charge < -0.3 is 37.9 Å². The van der Waals surface area contributed by atoms with Gasteiger partial charge in [0.2, 0.25) is 0 Å². The molecule has 11 heteroatoms. The van der Waals surface area contributed by atoms with Crippen LogP contribution in [0.4, 0.5) is 11.4 Å². The van der Waals surface area contributed by atoms with Crippen LogP contribution in [-0.2, 0) is 18.9 Å². The smallest absolute Gasteiger partial charge is 0.163 e. The van der Waals surface area contributed by atoms with Crippen LogP contribution < -0.4 is 18.9 Å². The van der Waals surface area contributed by atoms with Crippen LogP contribution in [0.5, 0.6) is 23.0 Å². The minimum Gasteiger partial charge on any atom is -0.490 e. The molecule has 0 radical (unpaired) electrons. The zero-order valence-electron chi connectivity index (χ0n) is 22.0. The number of azo groups is 1. The van der Waals surface area contributed by atoms with Crippen molar-refractivity contribution >= 4 is 17.7 Å². The minimum atomic E-state index is 0.323. The molecule has 0 saturated heterocycles. The Kier molecular flexibility index (Phi) is 13.3. The second-order valence-electron chi connectivity index (χ2n) is 7.82. The zero-order chi connectivity index (χ0) is 26.8. The Morgan fingerprint density at radius 2 is 1.39 bits per heavy atom. The van der Waals surface area contributed by atoms with Crippen molar-refractivity contribution in [2.24, 2.45) is 10.2 Å². The van der Waals surface area contributed by atoms with Crippen LogP contribution in [0.1, 0.15) is 24.2 Å². The summed E-state index contributed by atoms with van der Waals surface area (Å²) in [6.07, 6.45) is 0.705. The molecule has 2 aromatic rings. The Bertz CT molecular complexity index is 1020. The van der Waals surface area contributed by atoms with Gasteiger partial charge >= 0.3 is 0 Å². The summed E-state index contributed by atoms with van der Waals surface area (Å²) in [4.78, 5) is 11.8. The number of hydrogen-bond acceptors (Lipinski definition) is 11. The van der Waals surface area contributed by atoms with Gasteiger partial charge in [-0.05, 0) is 32.0 Å². The summed E-state index contributed by atoms with van der Waals surface area (Å²) in [5, 5.41) is 8.64. The molecule has 0 fully saturated rings. The normalized spacial score (nSPS) is 15.4. The second kappa shape index (κ2) is 17.3. The third-order valence-electron chi connectivity index (χ3n) is 5.12. The Labute approximate surface area is 222 Å². The number of carbonyl (C=O) groups excluding carboxylic acids is 1. The van der Waals surface area contributed by atoms with Crippen LogP contribution >= 0.6 is 0 Å². The van der Waals surface area contributed by atoms with Crippen LogP contribution in [-0.4, -0.2) is 85.6 Å². The summed E-state index contributed by atoms with van der Waals surface area (Å²) in [6, 6.07) is 8.45. The zero-order valence-corrected chi connectivity index (χ0v) is 22.0. The third-order valence-corrected chi connectivity index (χ3v) is 5.12. The number of carbonyl (C=O) groups is 1. The van der Waals surface area contributed by atoms with Gasteiger partial charge in [0.25, 0.3) is 0 Å². The molecule has 1 aliphatic heterocycles. The van der Waals surface area contributed by atoms with Crippen molar-refractivity contribution in [1.29, 1.82) is 0 Å². The molecule has 1 aliphatic rings. The predicted molar refractivity (Wildman–Crippen MR) is 139 cm³/mol. The molecule has 0 N–H and O–H groups in total. The lowest BCUT2D eigenvalue weighted by atomic mass is 10.1. The molecule has 0 unspecified atom stereocenters. The summed E-state index contributed by atoms with van der Waals surface area (Å²) in [7, 11) is 0. The number of aldehydes is 1. The van der Waals surface area contributed by atoms with Crippen molar-refractivity contribution in [3.05, 3.63) is 35.9 Å². The lowest BCUT2D eigenvalue weighted by molar-refractivity contribution is 0.00708. The highest BCUT2D eigenvalue weighted by Crippen LogP contribution is 2.37. The number of fused-ring (bicyclic) bond motifs is 1. The lowest BCUT2D eigenvalue weighted by Gasteiger charge is -2.14. The molecule has 0 bridgehead atoms. The fourth-order valence-corrected chi connectivity index (χ4v) is 3.35. The van der Waals surface area contributed by atoms with Gasteiger partial charge in [0, 0.05) is 24.3 Å². The number of ether oxygens (including phenoxy) is 8. The molecule has 0 aromatic heterocycles. The van der Waals surface area contributed by atoms with Gasteiger partial charge in [0.05, 0.1) is 58.5 Å². The molecule has 2 aromatic carbocycles. The number of rotatable bonds is 10. The first-order chi connectivity index (χ1) is 18.7. The van der Waals surface area contributed by atoms with Gasteiger partial charge in [-0.2, -0.15) is 5.11 Å². The SMILES string of the molecule is CCOCCOc1cc(N=Nc2ccc3c(c2)OCCOCCOCCOCCO3)c(C=O)cc1OCC.